The lowest BCUT2D eigenvalue weighted by Crippen LogP contribution is -2.24. The second-order valence-corrected chi connectivity index (χ2v) is 6.90. The Hall–Kier alpha value is -1.15. The van der Waals surface area contributed by atoms with Gasteiger partial charge in [-0.15, -0.1) is 11.3 Å². The van der Waals surface area contributed by atoms with Crippen LogP contribution in [0.1, 0.15) is 12.6 Å². The minimum atomic E-state index is -3.04. The summed E-state index contributed by atoms with van der Waals surface area (Å²) in [4.78, 5) is 14.5. The van der Waals surface area contributed by atoms with Crippen molar-refractivity contribution in [2.75, 3.05) is 17.3 Å². The molecule has 1 heterocycles. The first-order valence-electron chi connectivity index (χ1n) is 4.87. The number of nitrogens with zero attached hydrogens (tertiary/aromatic N) is 1. The first kappa shape index (κ1) is 13.9. The van der Waals surface area contributed by atoms with Crippen molar-refractivity contribution in [2.45, 2.75) is 19.4 Å². The highest BCUT2D eigenvalue weighted by atomic mass is 32.2. The molecule has 0 fully saturated rings. The number of carboxylic acids is 1. The van der Waals surface area contributed by atoms with Crippen molar-refractivity contribution in [1.82, 2.24) is 4.98 Å². The maximum absolute atomic E-state index is 11.0. The van der Waals surface area contributed by atoms with Gasteiger partial charge in [0.1, 0.15) is 9.84 Å². The number of hydrogen-bond acceptors (Lipinski definition) is 6. The highest BCUT2D eigenvalue weighted by Crippen LogP contribution is 2.17. The average molecular weight is 278 g/mol. The van der Waals surface area contributed by atoms with Crippen LogP contribution in [0.15, 0.2) is 5.38 Å². The molecule has 0 radical (unpaired) electrons. The van der Waals surface area contributed by atoms with Gasteiger partial charge in [0, 0.05) is 17.7 Å². The molecular formula is C9H14N2O4S2. The number of aromatic nitrogens is 1. The summed E-state index contributed by atoms with van der Waals surface area (Å²) in [6, 6.07) is -0.256. The van der Waals surface area contributed by atoms with Crippen molar-refractivity contribution in [3.05, 3.63) is 11.1 Å². The number of sulfone groups is 1. The molecule has 96 valence electrons. The third kappa shape index (κ3) is 5.64. The number of hydrogen-bond donors (Lipinski definition) is 2. The maximum Gasteiger partial charge on any atom is 0.309 e. The van der Waals surface area contributed by atoms with Crippen molar-refractivity contribution in [1.29, 1.82) is 0 Å². The summed E-state index contributed by atoms with van der Waals surface area (Å²) in [6.07, 6.45) is 1.04. The molecule has 1 rings (SSSR count). The van der Waals surface area contributed by atoms with E-state index in [2.05, 4.69) is 10.3 Å². The molecule has 1 unspecified atom stereocenters. The fraction of sp³-hybridized carbons (Fsp3) is 0.556. The van der Waals surface area contributed by atoms with E-state index in [0.717, 1.165) is 0 Å². The zero-order valence-corrected chi connectivity index (χ0v) is 11.1. The van der Waals surface area contributed by atoms with E-state index >= 15 is 0 Å². The number of thiazole rings is 1. The van der Waals surface area contributed by atoms with Crippen LogP contribution in [0, 0.1) is 0 Å². The minimum Gasteiger partial charge on any atom is -0.481 e. The van der Waals surface area contributed by atoms with Gasteiger partial charge >= 0.3 is 5.97 Å². The van der Waals surface area contributed by atoms with Gasteiger partial charge < -0.3 is 10.4 Å². The highest BCUT2D eigenvalue weighted by Gasteiger charge is 2.12. The topological polar surface area (TPSA) is 96.4 Å². The molecule has 1 atom stereocenters. The second-order valence-electron chi connectivity index (χ2n) is 3.85. The number of nitrogens with one attached hydrogen (secondary N) is 1. The lowest BCUT2D eigenvalue weighted by atomic mass is 10.3. The van der Waals surface area contributed by atoms with Crippen LogP contribution >= 0.6 is 11.3 Å². The van der Waals surface area contributed by atoms with Crippen molar-refractivity contribution in [3.63, 3.8) is 0 Å². The van der Waals surface area contributed by atoms with Gasteiger partial charge in [0.15, 0.2) is 5.13 Å². The molecule has 8 heteroatoms. The molecule has 6 nitrogen and oxygen atoms in total. The van der Waals surface area contributed by atoms with E-state index in [1.807, 2.05) is 0 Å². The zero-order valence-electron chi connectivity index (χ0n) is 9.50. The van der Waals surface area contributed by atoms with Crippen molar-refractivity contribution in [2.24, 2.45) is 0 Å². The van der Waals surface area contributed by atoms with Crippen molar-refractivity contribution < 1.29 is 18.3 Å². The highest BCUT2D eigenvalue weighted by molar-refractivity contribution is 7.90. The first-order valence-corrected chi connectivity index (χ1v) is 7.81. The summed E-state index contributed by atoms with van der Waals surface area (Å²) >= 11 is 1.27. The van der Waals surface area contributed by atoms with Gasteiger partial charge in [-0.2, -0.15) is 0 Å². The molecule has 1 aromatic rings. The summed E-state index contributed by atoms with van der Waals surface area (Å²) in [6.45, 7) is 1.74. The summed E-state index contributed by atoms with van der Waals surface area (Å²) in [5.41, 5.74) is 0.469. The zero-order chi connectivity index (χ0) is 13.1. The molecule has 0 amide bonds. The molecule has 0 aliphatic carbocycles. The molecule has 1 aromatic heterocycles. The van der Waals surface area contributed by atoms with E-state index in [1.165, 1.54) is 17.6 Å². The number of carboxylic acid groups (broad SMARTS) is 1. The quantitative estimate of drug-likeness (QED) is 0.791. The summed E-state index contributed by atoms with van der Waals surface area (Å²) in [5.74, 6) is -0.924. The van der Waals surface area contributed by atoms with E-state index in [9.17, 15) is 13.2 Å². The van der Waals surface area contributed by atoms with Gasteiger partial charge in [-0.05, 0) is 6.92 Å². The molecule has 0 aliphatic heterocycles. The fourth-order valence-electron chi connectivity index (χ4n) is 1.32. The summed E-state index contributed by atoms with van der Waals surface area (Å²) < 4.78 is 22.1. The van der Waals surface area contributed by atoms with Crippen LogP contribution in [-0.2, 0) is 21.1 Å². The van der Waals surface area contributed by atoms with Crippen LogP contribution < -0.4 is 5.32 Å². The third-order valence-electron chi connectivity index (χ3n) is 1.81. The smallest absolute Gasteiger partial charge is 0.309 e. The normalized spacial score (nSPS) is 13.3. The molecule has 0 bridgehead atoms. The van der Waals surface area contributed by atoms with Crippen LogP contribution in [0.5, 0.6) is 0 Å². The Kier molecular flexibility index (Phi) is 4.47. The van der Waals surface area contributed by atoms with Crippen molar-refractivity contribution >= 4 is 32.3 Å². The van der Waals surface area contributed by atoms with E-state index in [0.29, 0.717) is 10.8 Å². The van der Waals surface area contributed by atoms with Gasteiger partial charge in [0.25, 0.3) is 0 Å². The Morgan fingerprint density at radius 1 is 1.65 bits per heavy atom. The SMILES string of the molecule is CC(CS(C)(=O)=O)Nc1nc(CC(=O)O)cs1. The van der Waals surface area contributed by atoms with Gasteiger partial charge in [0.05, 0.1) is 17.9 Å². The first-order chi connectivity index (χ1) is 7.76. The van der Waals surface area contributed by atoms with E-state index < -0.39 is 15.8 Å². The van der Waals surface area contributed by atoms with E-state index in [1.54, 1.807) is 12.3 Å². The Balaban J connectivity index is 2.57. The molecule has 0 saturated heterocycles. The van der Waals surface area contributed by atoms with Gasteiger partial charge in [-0.25, -0.2) is 13.4 Å². The monoisotopic (exact) mass is 278 g/mol. The fourth-order valence-corrected chi connectivity index (χ4v) is 3.13. The molecule has 0 saturated carbocycles. The molecule has 17 heavy (non-hydrogen) atoms. The largest absolute Gasteiger partial charge is 0.481 e. The number of carbonyl (C=O) groups is 1. The van der Waals surface area contributed by atoms with Gasteiger partial charge in [0.2, 0.25) is 0 Å². The molecule has 2 N–H and O–H groups in total. The van der Waals surface area contributed by atoms with Crippen molar-refractivity contribution in [3.8, 4) is 0 Å². The Morgan fingerprint density at radius 3 is 2.82 bits per heavy atom. The Labute approximate surface area is 104 Å². The number of rotatable bonds is 6. The Morgan fingerprint density at radius 2 is 2.29 bits per heavy atom. The maximum atomic E-state index is 11.0. The van der Waals surface area contributed by atoms with E-state index in [4.69, 9.17) is 5.11 Å². The molecular weight excluding hydrogens is 264 g/mol. The standard InChI is InChI=1S/C9H14N2O4S2/c1-6(5-17(2,14)15)10-9-11-7(4-16-9)3-8(12)13/h4,6H,3,5H2,1-2H3,(H,10,11)(H,12,13). The predicted octanol–water partition coefficient (Wildman–Crippen LogP) is 0.615. The van der Waals surface area contributed by atoms with E-state index in [-0.39, 0.29) is 18.2 Å². The third-order valence-corrected chi connectivity index (χ3v) is 3.73. The number of aliphatic carboxylic acids is 1. The van der Waals surface area contributed by atoms with Crippen LogP contribution in [0.4, 0.5) is 5.13 Å². The molecule has 0 aromatic carbocycles. The van der Waals surface area contributed by atoms with Crippen LogP contribution in [0.25, 0.3) is 0 Å². The van der Waals surface area contributed by atoms with Gasteiger partial charge in [-0.1, -0.05) is 0 Å². The lowest BCUT2D eigenvalue weighted by Gasteiger charge is -2.10. The predicted molar refractivity (Wildman–Crippen MR) is 66.2 cm³/mol. The summed E-state index contributed by atoms with van der Waals surface area (Å²) in [7, 11) is -3.04. The number of anilines is 1. The molecule has 0 spiro atoms. The van der Waals surface area contributed by atoms with Crippen LogP contribution in [-0.4, -0.2) is 42.5 Å². The lowest BCUT2D eigenvalue weighted by molar-refractivity contribution is -0.136. The Bertz CT molecular complexity index is 495. The van der Waals surface area contributed by atoms with Gasteiger partial charge in [-0.3, -0.25) is 4.79 Å². The summed E-state index contributed by atoms with van der Waals surface area (Å²) in [5, 5.41) is 13.7. The molecule has 0 aliphatic rings. The van der Waals surface area contributed by atoms with Crippen LogP contribution in [0.3, 0.4) is 0 Å². The second kappa shape index (κ2) is 5.46. The van der Waals surface area contributed by atoms with Crippen LogP contribution in [0.2, 0.25) is 0 Å². The minimum absolute atomic E-state index is 0.0147. The average Bonchev–Trinajstić information content (AvgIpc) is 2.46.